The number of hydrogen-bond donors (Lipinski definition) is 2. The van der Waals surface area contributed by atoms with Crippen molar-refractivity contribution in [3.63, 3.8) is 0 Å². The monoisotopic (exact) mass is 481 g/mol. The maximum Gasteiger partial charge on any atom is 0.228 e. The molecule has 0 aliphatic carbocycles. The lowest BCUT2D eigenvalue weighted by Crippen LogP contribution is -2.35. The Labute approximate surface area is 202 Å². The highest BCUT2D eigenvalue weighted by Crippen LogP contribution is 2.32. The number of carbonyl (C=O) groups is 2. The highest BCUT2D eigenvalue weighted by atomic mass is 35.5. The molecule has 1 saturated heterocycles. The third-order valence-corrected chi connectivity index (χ3v) is 5.90. The van der Waals surface area contributed by atoms with Gasteiger partial charge < -0.3 is 20.7 Å². The fourth-order valence-corrected chi connectivity index (χ4v) is 4.16. The lowest BCUT2D eigenvalue weighted by atomic mass is 10.1. The average molecular weight is 482 g/mol. The molecule has 0 saturated carbocycles. The first-order valence-electron chi connectivity index (χ1n) is 11.1. The second kappa shape index (κ2) is 10.7. The summed E-state index contributed by atoms with van der Waals surface area (Å²) in [6.07, 6.45) is 2.12. The number of amides is 2. The summed E-state index contributed by atoms with van der Waals surface area (Å²) in [4.78, 5) is 26.4. The van der Waals surface area contributed by atoms with Crippen molar-refractivity contribution in [2.24, 2.45) is 5.73 Å². The minimum atomic E-state index is -0.604. The van der Waals surface area contributed by atoms with E-state index in [1.807, 2.05) is 6.07 Å². The van der Waals surface area contributed by atoms with E-state index >= 15 is 4.39 Å². The van der Waals surface area contributed by atoms with Gasteiger partial charge in [-0.15, -0.1) is 0 Å². The number of piperidine rings is 1. The number of nitrogens with zero attached hydrogens (tertiary/aromatic N) is 1. The van der Waals surface area contributed by atoms with Crippen molar-refractivity contribution in [3.05, 3.63) is 82.6 Å². The minimum absolute atomic E-state index is 0.0260. The molecule has 6 nitrogen and oxygen atoms in total. The number of anilines is 2. The van der Waals surface area contributed by atoms with Crippen LogP contribution in [-0.2, 0) is 22.6 Å². The van der Waals surface area contributed by atoms with Gasteiger partial charge in [0, 0.05) is 30.8 Å². The summed E-state index contributed by atoms with van der Waals surface area (Å²) in [5.41, 5.74) is 7.80. The fourth-order valence-electron chi connectivity index (χ4n) is 3.88. The van der Waals surface area contributed by atoms with Gasteiger partial charge in [-0.3, -0.25) is 9.59 Å². The van der Waals surface area contributed by atoms with Crippen LogP contribution in [0.25, 0.3) is 0 Å². The molecule has 1 fully saturated rings. The molecule has 0 aromatic heterocycles. The Kier molecular flexibility index (Phi) is 7.45. The van der Waals surface area contributed by atoms with Gasteiger partial charge in [-0.25, -0.2) is 4.39 Å². The molecule has 34 heavy (non-hydrogen) atoms. The molecule has 0 unspecified atom stereocenters. The van der Waals surface area contributed by atoms with Crippen LogP contribution in [-0.4, -0.2) is 18.4 Å². The van der Waals surface area contributed by atoms with Gasteiger partial charge in [0.25, 0.3) is 0 Å². The van der Waals surface area contributed by atoms with Gasteiger partial charge in [0.05, 0.1) is 17.1 Å². The summed E-state index contributed by atoms with van der Waals surface area (Å²) < 4.78 is 20.7. The molecule has 8 heteroatoms. The highest BCUT2D eigenvalue weighted by Gasteiger charge is 2.22. The summed E-state index contributed by atoms with van der Waals surface area (Å²) in [6, 6.07) is 16.8. The lowest BCUT2D eigenvalue weighted by Gasteiger charge is -2.27. The van der Waals surface area contributed by atoms with Crippen LogP contribution in [0.4, 0.5) is 15.8 Å². The van der Waals surface area contributed by atoms with Gasteiger partial charge in [0.1, 0.15) is 5.75 Å². The molecule has 176 valence electrons. The van der Waals surface area contributed by atoms with Gasteiger partial charge in [0.15, 0.2) is 11.6 Å². The number of halogens is 2. The zero-order chi connectivity index (χ0) is 24.1. The Hall–Kier alpha value is -3.42. The van der Waals surface area contributed by atoms with E-state index in [9.17, 15) is 9.59 Å². The first-order valence-corrected chi connectivity index (χ1v) is 11.5. The topological polar surface area (TPSA) is 84.7 Å². The zero-order valence-electron chi connectivity index (χ0n) is 18.5. The van der Waals surface area contributed by atoms with Crippen LogP contribution in [0.15, 0.2) is 60.7 Å². The number of carbonyl (C=O) groups excluding carboxylic acids is 2. The maximum atomic E-state index is 15.0. The third-order valence-electron chi connectivity index (χ3n) is 5.60. The largest absolute Gasteiger partial charge is 0.454 e. The normalized spacial score (nSPS) is 13.6. The van der Waals surface area contributed by atoms with Crippen molar-refractivity contribution < 1.29 is 18.7 Å². The Bertz CT molecular complexity index is 1220. The summed E-state index contributed by atoms with van der Waals surface area (Å²) in [6.45, 7) is 0.970. The second-order valence-electron chi connectivity index (χ2n) is 8.08. The highest BCUT2D eigenvalue weighted by molar-refractivity contribution is 6.34. The molecule has 0 radical (unpaired) electrons. The second-order valence-corrected chi connectivity index (χ2v) is 8.48. The molecule has 3 aromatic rings. The van der Waals surface area contributed by atoms with E-state index in [0.29, 0.717) is 41.7 Å². The van der Waals surface area contributed by atoms with E-state index in [0.717, 1.165) is 18.4 Å². The van der Waals surface area contributed by atoms with Gasteiger partial charge in [-0.05, 0) is 54.8 Å². The number of nitrogens with two attached hydrogens (primary N) is 1. The number of benzene rings is 3. The number of rotatable bonds is 7. The van der Waals surface area contributed by atoms with E-state index in [-0.39, 0.29) is 23.6 Å². The van der Waals surface area contributed by atoms with Crippen molar-refractivity contribution in [2.45, 2.75) is 32.2 Å². The van der Waals surface area contributed by atoms with Crippen LogP contribution in [0.5, 0.6) is 11.5 Å². The van der Waals surface area contributed by atoms with Crippen LogP contribution in [0.1, 0.15) is 30.4 Å². The maximum absolute atomic E-state index is 15.0. The van der Waals surface area contributed by atoms with Crippen molar-refractivity contribution in [3.8, 4) is 11.5 Å². The predicted octanol–water partition coefficient (Wildman–Crippen LogP) is 5.43. The number of nitrogens with one attached hydrogen (secondary N) is 1. The summed E-state index contributed by atoms with van der Waals surface area (Å²) in [7, 11) is 0. The fraction of sp³-hybridized carbons (Fsp3) is 0.231. The Morgan fingerprint density at radius 3 is 2.71 bits per heavy atom. The van der Waals surface area contributed by atoms with Crippen molar-refractivity contribution in [2.75, 3.05) is 16.8 Å². The summed E-state index contributed by atoms with van der Waals surface area (Å²) in [5, 5.41) is 3.11. The van der Waals surface area contributed by atoms with Gasteiger partial charge in [-0.2, -0.15) is 0 Å². The standard InChI is InChI=1S/C26H25ClFN3O3/c27-21-15-19(10-11-22(21)31-12-2-1-9-25(31)33)30-24(32)14-18-6-4-8-23(26(18)28)34-20-7-3-5-17(13-20)16-29/h3-8,10-11,13,15H,1-2,9,12,14,16,29H2,(H,30,32). The zero-order valence-corrected chi connectivity index (χ0v) is 19.3. The molecule has 2 amide bonds. The molecule has 0 spiro atoms. The van der Waals surface area contributed by atoms with E-state index in [1.54, 1.807) is 47.4 Å². The number of ether oxygens (including phenoxy) is 1. The third kappa shape index (κ3) is 5.55. The molecule has 1 aliphatic rings. The summed E-state index contributed by atoms with van der Waals surface area (Å²) in [5.74, 6) is -0.479. The van der Waals surface area contributed by atoms with Crippen LogP contribution >= 0.6 is 11.6 Å². The van der Waals surface area contributed by atoms with Crippen LogP contribution in [0.3, 0.4) is 0 Å². The molecule has 3 N–H and O–H groups in total. The van der Waals surface area contributed by atoms with E-state index in [1.165, 1.54) is 12.1 Å². The summed E-state index contributed by atoms with van der Waals surface area (Å²) >= 11 is 6.39. The smallest absolute Gasteiger partial charge is 0.228 e. The van der Waals surface area contributed by atoms with Crippen LogP contribution in [0, 0.1) is 5.82 Å². The molecule has 1 aliphatic heterocycles. The molecule has 3 aromatic carbocycles. The van der Waals surface area contributed by atoms with Crippen molar-refractivity contribution >= 4 is 34.8 Å². The molecule has 1 heterocycles. The van der Waals surface area contributed by atoms with Crippen LogP contribution < -0.4 is 20.7 Å². The first-order chi connectivity index (χ1) is 16.4. The Morgan fingerprint density at radius 2 is 1.94 bits per heavy atom. The lowest BCUT2D eigenvalue weighted by molar-refractivity contribution is -0.119. The molecule has 0 bridgehead atoms. The average Bonchev–Trinajstić information content (AvgIpc) is 2.82. The van der Waals surface area contributed by atoms with E-state index < -0.39 is 11.7 Å². The number of hydrogen-bond acceptors (Lipinski definition) is 4. The Balaban J connectivity index is 1.43. The molecule has 4 rings (SSSR count). The Morgan fingerprint density at radius 1 is 1.12 bits per heavy atom. The van der Waals surface area contributed by atoms with E-state index in [2.05, 4.69) is 5.32 Å². The van der Waals surface area contributed by atoms with Gasteiger partial charge >= 0.3 is 0 Å². The molecular weight excluding hydrogens is 457 g/mol. The molecule has 0 atom stereocenters. The van der Waals surface area contributed by atoms with Gasteiger partial charge in [0.2, 0.25) is 11.8 Å². The quantitative estimate of drug-likeness (QED) is 0.471. The van der Waals surface area contributed by atoms with Gasteiger partial charge in [-0.1, -0.05) is 35.9 Å². The SMILES string of the molecule is NCc1cccc(Oc2cccc(CC(=O)Nc3ccc(N4CCCCC4=O)c(Cl)c3)c2F)c1. The molecular formula is C26H25ClFN3O3. The first kappa shape index (κ1) is 23.7. The minimum Gasteiger partial charge on any atom is -0.454 e. The van der Waals surface area contributed by atoms with E-state index in [4.69, 9.17) is 22.1 Å². The van der Waals surface area contributed by atoms with Crippen LogP contribution in [0.2, 0.25) is 5.02 Å². The van der Waals surface area contributed by atoms with Crippen molar-refractivity contribution in [1.82, 2.24) is 0 Å². The predicted molar refractivity (Wildman–Crippen MR) is 131 cm³/mol. The van der Waals surface area contributed by atoms with Crippen molar-refractivity contribution in [1.29, 1.82) is 0 Å².